The van der Waals surface area contributed by atoms with E-state index < -0.39 is 17.9 Å². The molecule has 0 aliphatic carbocycles. The summed E-state index contributed by atoms with van der Waals surface area (Å²) in [5.74, 6) is -1.41. The van der Waals surface area contributed by atoms with Gasteiger partial charge in [-0.05, 0) is 48.9 Å². The lowest BCUT2D eigenvalue weighted by Crippen LogP contribution is -2.34. The molecule has 29 heavy (non-hydrogen) atoms. The van der Waals surface area contributed by atoms with Crippen LogP contribution in [0.4, 0.5) is 11.4 Å². The molecule has 1 fully saturated rings. The number of halogens is 1. The average molecular weight is 405 g/mol. The Labute approximate surface area is 175 Å². The van der Waals surface area contributed by atoms with Gasteiger partial charge in [-0.25, -0.2) is 0 Å². The van der Waals surface area contributed by atoms with Gasteiger partial charge in [-0.1, -0.05) is 60.1 Å². The van der Waals surface area contributed by atoms with Crippen LogP contribution in [0, 0.1) is 5.92 Å². The first kappa shape index (κ1) is 19.2. The second-order valence-corrected chi connectivity index (χ2v) is 7.63. The minimum Gasteiger partial charge on any atom is -0.382 e. The number of carbonyl (C=O) groups is 2. The van der Waals surface area contributed by atoms with E-state index >= 15 is 0 Å². The van der Waals surface area contributed by atoms with Crippen LogP contribution in [-0.2, 0) is 9.59 Å². The Kier molecular flexibility index (Phi) is 5.36. The second-order valence-electron chi connectivity index (χ2n) is 7.20. The molecule has 3 aromatic rings. The number of hydrogen-bond acceptors (Lipinski definition) is 3. The molecule has 4 nitrogen and oxygen atoms in total. The zero-order chi connectivity index (χ0) is 20.4. The van der Waals surface area contributed by atoms with Gasteiger partial charge in [-0.2, -0.15) is 0 Å². The Morgan fingerprint density at radius 3 is 2.07 bits per heavy atom. The van der Waals surface area contributed by atoms with Crippen LogP contribution in [0.25, 0.3) is 0 Å². The number of benzene rings is 3. The molecule has 0 radical (unpaired) electrons. The van der Waals surface area contributed by atoms with Gasteiger partial charge in [0.2, 0.25) is 5.78 Å². The van der Waals surface area contributed by atoms with Crippen LogP contribution in [0.5, 0.6) is 0 Å². The van der Waals surface area contributed by atoms with E-state index in [2.05, 4.69) is 5.32 Å². The quantitative estimate of drug-likeness (QED) is 0.601. The van der Waals surface area contributed by atoms with Crippen LogP contribution < -0.4 is 10.2 Å². The third-order valence-corrected chi connectivity index (χ3v) is 5.56. The standard InChI is InChI=1S/C24H21ClN2O2/c1-16(26-19-8-4-2-5-9-19)21-22(17-12-14-18(25)15-13-17)27(24(29)23(21)28)20-10-6-3-7-11-20/h2-16,21-22,26H,1H3/t16-,21+,22+/m1/s1. The van der Waals surface area contributed by atoms with Crippen molar-refractivity contribution in [1.82, 2.24) is 0 Å². The first-order chi connectivity index (χ1) is 14.1. The number of nitrogens with one attached hydrogen (secondary N) is 1. The first-order valence-electron chi connectivity index (χ1n) is 9.56. The van der Waals surface area contributed by atoms with Gasteiger partial charge >= 0.3 is 0 Å². The fourth-order valence-corrected chi connectivity index (χ4v) is 4.09. The molecule has 4 rings (SSSR count). The highest BCUT2D eigenvalue weighted by Crippen LogP contribution is 2.42. The molecular weight excluding hydrogens is 384 g/mol. The third-order valence-electron chi connectivity index (χ3n) is 5.30. The van der Waals surface area contributed by atoms with Gasteiger partial charge in [0.15, 0.2) is 0 Å². The number of rotatable bonds is 5. The summed E-state index contributed by atoms with van der Waals surface area (Å²) in [6.45, 7) is 1.94. The molecule has 1 saturated heterocycles. The van der Waals surface area contributed by atoms with Crippen molar-refractivity contribution in [2.45, 2.75) is 19.0 Å². The Morgan fingerprint density at radius 2 is 1.45 bits per heavy atom. The van der Waals surface area contributed by atoms with Crippen molar-refractivity contribution in [2.24, 2.45) is 5.92 Å². The smallest absolute Gasteiger partial charge is 0.295 e. The van der Waals surface area contributed by atoms with Gasteiger partial charge in [0.05, 0.1) is 12.0 Å². The number of carbonyl (C=O) groups excluding carboxylic acids is 2. The summed E-state index contributed by atoms with van der Waals surface area (Å²) in [5, 5.41) is 4.01. The Morgan fingerprint density at radius 1 is 0.862 bits per heavy atom. The number of ketones is 1. The normalized spacial score (nSPS) is 20.0. The lowest BCUT2D eigenvalue weighted by Gasteiger charge is -2.31. The Balaban J connectivity index is 1.76. The lowest BCUT2D eigenvalue weighted by molar-refractivity contribution is -0.135. The molecule has 0 spiro atoms. The van der Waals surface area contributed by atoms with Crippen LogP contribution in [0.3, 0.4) is 0 Å². The van der Waals surface area contributed by atoms with E-state index in [1.807, 2.05) is 79.7 Å². The molecular formula is C24H21ClN2O2. The molecule has 1 aliphatic heterocycles. The molecule has 1 amide bonds. The maximum atomic E-state index is 13.1. The molecule has 1 aliphatic rings. The number of Topliss-reactive ketones (excluding diaryl/α,β-unsaturated/α-hetero) is 1. The Hall–Kier alpha value is -3.11. The van der Waals surface area contributed by atoms with E-state index in [1.165, 1.54) is 0 Å². The minimum atomic E-state index is -0.538. The maximum absolute atomic E-state index is 13.1. The summed E-state index contributed by atoms with van der Waals surface area (Å²) in [6.07, 6.45) is 0. The molecule has 5 heteroatoms. The summed E-state index contributed by atoms with van der Waals surface area (Å²) in [5.41, 5.74) is 2.50. The predicted molar refractivity (Wildman–Crippen MR) is 116 cm³/mol. The summed E-state index contributed by atoms with van der Waals surface area (Å²) >= 11 is 6.08. The fourth-order valence-electron chi connectivity index (χ4n) is 3.96. The monoisotopic (exact) mass is 404 g/mol. The van der Waals surface area contributed by atoms with Crippen molar-refractivity contribution in [3.63, 3.8) is 0 Å². The molecule has 146 valence electrons. The van der Waals surface area contributed by atoms with E-state index in [-0.39, 0.29) is 11.8 Å². The predicted octanol–water partition coefficient (Wildman–Crippen LogP) is 5.11. The molecule has 0 aromatic heterocycles. The van der Waals surface area contributed by atoms with Gasteiger partial charge in [0, 0.05) is 22.4 Å². The minimum absolute atomic E-state index is 0.247. The zero-order valence-corrected chi connectivity index (χ0v) is 16.7. The van der Waals surface area contributed by atoms with Crippen LogP contribution in [0.2, 0.25) is 5.02 Å². The van der Waals surface area contributed by atoms with Gasteiger partial charge in [-0.15, -0.1) is 0 Å². The SMILES string of the molecule is C[C@@H](Nc1ccccc1)[C@@H]1C(=O)C(=O)N(c2ccccc2)[C@H]1c1ccc(Cl)cc1. The van der Waals surface area contributed by atoms with E-state index in [0.29, 0.717) is 10.7 Å². The highest BCUT2D eigenvalue weighted by molar-refractivity contribution is 6.45. The van der Waals surface area contributed by atoms with E-state index in [0.717, 1.165) is 11.3 Å². The number of para-hydroxylation sites is 2. The molecule has 1 heterocycles. The van der Waals surface area contributed by atoms with Gasteiger partial charge in [-0.3, -0.25) is 14.5 Å². The highest BCUT2D eigenvalue weighted by Gasteiger charge is 2.50. The summed E-state index contributed by atoms with van der Waals surface area (Å²) < 4.78 is 0. The van der Waals surface area contributed by atoms with Crippen LogP contribution in [0.1, 0.15) is 18.5 Å². The largest absolute Gasteiger partial charge is 0.382 e. The molecule has 3 aromatic carbocycles. The van der Waals surface area contributed by atoms with Crippen LogP contribution >= 0.6 is 11.6 Å². The molecule has 0 saturated carbocycles. The van der Waals surface area contributed by atoms with Crippen molar-refractivity contribution >= 4 is 34.7 Å². The van der Waals surface area contributed by atoms with E-state index in [1.54, 1.807) is 17.0 Å². The summed E-state index contributed by atoms with van der Waals surface area (Å²) in [6, 6.07) is 25.7. The summed E-state index contributed by atoms with van der Waals surface area (Å²) in [7, 11) is 0. The number of nitrogens with zero attached hydrogens (tertiary/aromatic N) is 1. The van der Waals surface area contributed by atoms with Crippen molar-refractivity contribution in [1.29, 1.82) is 0 Å². The lowest BCUT2D eigenvalue weighted by atomic mass is 9.87. The topological polar surface area (TPSA) is 49.4 Å². The van der Waals surface area contributed by atoms with Crippen molar-refractivity contribution < 1.29 is 9.59 Å². The number of hydrogen-bond donors (Lipinski definition) is 1. The van der Waals surface area contributed by atoms with Gasteiger partial charge in [0.25, 0.3) is 5.91 Å². The van der Waals surface area contributed by atoms with Crippen LogP contribution in [0.15, 0.2) is 84.9 Å². The first-order valence-corrected chi connectivity index (χ1v) is 9.93. The Bertz CT molecular complexity index is 1010. The second kappa shape index (κ2) is 8.10. The van der Waals surface area contributed by atoms with Crippen molar-refractivity contribution in [2.75, 3.05) is 10.2 Å². The average Bonchev–Trinajstić information content (AvgIpc) is 3.01. The molecule has 3 atom stereocenters. The maximum Gasteiger partial charge on any atom is 0.295 e. The molecule has 0 unspecified atom stereocenters. The highest BCUT2D eigenvalue weighted by atomic mass is 35.5. The van der Waals surface area contributed by atoms with Gasteiger partial charge in [0.1, 0.15) is 0 Å². The van der Waals surface area contributed by atoms with E-state index in [9.17, 15) is 9.59 Å². The summed E-state index contributed by atoms with van der Waals surface area (Å²) in [4.78, 5) is 27.8. The zero-order valence-electron chi connectivity index (χ0n) is 16.0. The molecule has 0 bridgehead atoms. The fraction of sp³-hybridized carbons (Fsp3) is 0.167. The molecule has 1 N–H and O–H groups in total. The van der Waals surface area contributed by atoms with Crippen LogP contribution in [-0.4, -0.2) is 17.7 Å². The third kappa shape index (κ3) is 3.76. The van der Waals surface area contributed by atoms with E-state index in [4.69, 9.17) is 11.6 Å². The number of anilines is 2. The van der Waals surface area contributed by atoms with Crippen molar-refractivity contribution in [3.05, 3.63) is 95.5 Å². The van der Waals surface area contributed by atoms with Crippen molar-refractivity contribution in [3.8, 4) is 0 Å². The van der Waals surface area contributed by atoms with Gasteiger partial charge < -0.3 is 5.32 Å². The number of amides is 1.